The number of carboxylic acids is 3. The van der Waals surface area contributed by atoms with E-state index in [0.717, 1.165) is 6.07 Å². The summed E-state index contributed by atoms with van der Waals surface area (Å²) in [5.41, 5.74) is -0.0565. The smallest absolute Gasteiger partial charge is 0.352 e. The van der Waals surface area contributed by atoms with E-state index in [0.29, 0.717) is 16.3 Å². The van der Waals surface area contributed by atoms with E-state index in [1.54, 1.807) is 12.1 Å². The Morgan fingerprint density at radius 2 is 1.50 bits per heavy atom. The standard InChI is InChI=1S/C15H9NO6/c17-13(18)8-3-6-1-2-7-5-10(15(21)22)16-12(7)11(6)9(4-8)14(19)20/h1-5,16H,(H,17,18)(H,19,20)(H,21,22). The first-order valence-corrected chi connectivity index (χ1v) is 6.18. The molecule has 1 heterocycles. The minimum Gasteiger partial charge on any atom is -0.478 e. The third-order valence-electron chi connectivity index (χ3n) is 3.42. The predicted octanol–water partition coefficient (Wildman–Crippen LogP) is 2.42. The van der Waals surface area contributed by atoms with Crippen molar-refractivity contribution in [1.29, 1.82) is 0 Å². The number of carboxylic acid groups (broad SMARTS) is 3. The molecule has 0 saturated heterocycles. The van der Waals surface area contributed by atoms with E-state index >= 15 is 0 Å². The molecule has 7 nitrogen and oxygen atoms in total. The number of aromatic nitrogens is 1. The zero-order chi connectivity index (χ0) is 16.0. The van der Waals surface area contributed by atoms with Gasteiger partial charge in [-0.05, 0) is 23.6 Å². The van der Waals surface area contributed by atoms with Crippen LogP contribution in [0.15, 0.2) is 30.3 Å². The van der Waals surface area contributed by atoms with Gasteiger partial charge in [-0.15, -0.1) is 0 Å². The van der Waals surface area contributed by atoms with Gasteiger partial charge in [-0.25, -0.2) is 14.4 Å². The number of H-pyrrole nitrogens is 1. The minimum absolute atomic E-state index is 0.0684. The van der Waals surface area contributed by atoms with Crippen molar-refractivity contribution in [3.05, 3.63) is 47.2 Å². The van der Waals surface area contributed by atoms with Crippen LogP contribution in [-0.4, -0.2) is 38.2 Å². The molecule has 3 rings (SSSR count). The minimum atomic E-state index is -1.29. The van der Waals surface area contributed by atoms with Gasteiger partial charge < -0.3 is 20.3 Å². The molecule has 1 aromatic heterocycles. The Bertz CT molecular complexity index is 969. The third-order valence-corrected chi connectivity index (χ3v) is 3.42. The van der Waals surface area contributed by atoms with Crippen LogP contribution in [0.1, 0.15) is 31.2 Å². The summed E-state index contributed by atoms with van der Waals surface area (Å²) in [6.07, 6.45) is 0. The number of aromatic amines is 1. The number of hydrogen-bond acceptors (Lipinski definition) is 3. The van der Waals surface area contributed by atoms with E-state index in [2.05, 4.69) is 4.98 Å². The topological polar surface area (TPSA) is 128 Å². The van der Waals surface area contributed by atoms with E-state index in [1.807, 2.05) is 0 Å². The average molecular weight is 299 g/mol. The zero-order valence-corrected chi connectivity index (χ0v) is 11.0. The highest BCUT2D eigenvalue weighted by molar-refractivity contribution is 6.17. The second kappa shape index (κ2) is 4.59. The van der Waals surface area contributed by atoms with Crippen molar-refractivity contribution in [1.82, 2.24) is 4.98 Å². The monoisotopic (exact) mass is 299 g/mol. The van der Waals surface area contributed by atoms with Crippen LogP contribution in [0.4, 0.5) is 0 Å². The molecule has 0 aliphatic rings. The maximum absolute atomic E-state index is 11.5. The molecule has 0 radical (unpaired) electrons. The van der Waals surface area contributed by atoms with Gasteiger partial charge in [0.2, 0.25) is 0 Å². The van der Waals surface area contributed by atoms with Crippen LogP contribution in [-0.2, 0) is 0 Å². The first kappa shape index (κ1) is 13.6. The number of fused-ring (bicyclic) bond motifs is 3. The number of rotatable bonds is 3. The van der Waals surface area contributed by atoms with Crippen LogP contribution in [0.3, 0.4) is 0 Å². The summed E-state index contributed by atoms with van der Waals surface area (Å²) in [6.45, 7) is 0. The molecular weight excluding hydrogens is 290 g/mol. The summed E-state index contributed by atoms with van der Waals surface area (Å²) in [5.74, 6) is -3.68. The quantitative estimate of drug-likeness (QED) is 0.588. The molecule has 0 saturated carbocycles. The molecule has 0 atom stereocenters. The molecule has 0 spiro atoms. The van der Waals surface area contributed by atoms with Crippen molar-refractivity contribution in [2.75, 3.05) is 0 Å². The Balaban J connectivity index is 2.48. The van der Waals surface area contributed by atoms with Gasteiger partial charge in [0, 0.05) is 10.8 Å². The fraction of sp³-hybridized carbons (Fsp3) is 0. The lowest BCUT2D eigenvalue weighted by Crippen LogP contribution is -2.03. The predicted molar refractivity (Wildman–Crippen MR) is 76.7 cm³/mol. The van der Waals surface area contributed by atoms with E-state index in [4.69, 9.17) is 10.2 Å². The molecule has 0 aliphatic heterocycles. The first-order chi connectivity index (χ1) is 10.4. The maximum atomic E-state index is 11.5. The van der Waals surface area contributed by atoms with Gasteiger partial charge in [-0.1, -0.05) is 12.1 Å². The zero-order valence-electron chi connectivity index (χ0n) is 11.0. The summed E-state index contributed by atoms with van der Waals surface area (Å²) < 4.78 is 0. The van der Waals surface area contributed by atoms with Crippen molar-refractivity contribution < 1.29 is 29.7 Å². The Kier molecular flexibility index (Phi) is 2.84. The van der Waals surface area contributed by atoms with Crippen LogP contribution in [0.2, 0.25) is 0 Å². The van der Waals surface area contributed by atoms with E-state index in [1.165, 1.54) is 12.1 Å². The summed E-state index contributed by atoms with van der Waals surface area (Å²) in [5, 5.41) is 28.7. The fourth-order valence-electron chi connectivity index (χ4n) is 2.47. The normalized spacial score (nSPS) is 10.9. The van der Waals surface area contributed by atoms with E-state index < -0.39 is 17.9 Å². The maximum Gasteiger partial charge on any atom is 0.352 e. The lowest BCUT2D eigenvalue weighted by Gasteiger charge is -2.06. The van der Waals surface area contributed by atoms with Crippen LogP contribution in [0, 0.1) is 0 Å². The van der Waals surface area contributed by atoms with Crippen LogP contribution >= 0.6 is 0 Å². The van der Waals surface area contributed by atoms with Gasteiger partial charge in [0.05, 0.1) is 16.6 Å². The van der Waals surface area contributed by atoms with Gasteiger partial charge in [0.15, 0.2) is 0 Å². The Labute approximate surface area is 122 Å². The summed E-state index contributed by atoms with van der Waals surface area (Å²) in [7, 11) is 0. The highest BCUT2D eigenvalue weighted by Crippen LogP contribution is 2.30. The molecule has 110 valence electrons. The average Bonchev–Trinajstić information content (AvgIpc) is 2.90. The lowest BCUT2D eigenvalue weighted by atomic mass is 9.99. The Morgan fingerprint density at radius 1 is 0.818 bits per heavy atom. The molecular formula is C15H9NO6. The van der Waals surface area contributed by atoms with Crippen LogP contribution < -0.4 is 0 Å². The van der Waals surface area contributed by atoms with Crippen molar-refractivity contribution >= 4 is 39.6 Å². The van der Waals surface area contributed by atoms with Crippen molar-refractivity contribution in [3.8, 4) is 0 Å². The molecule has 4 N–H and O–H groups in total. The van der Waals surface area contributed by atoms with E-state index in [9.17, 15) is 19.5 Å². The molecule has 0 bridgehead atoms. The van der Waals surface area contributed by atoms with Gasteiger partial charge >= 0.3 is 17.9 Å². The van der Waals surface area contributed by atoms with Gasteiger partial charge in [-0.3, -0.25) is 0 Å². The molecule has 3 aromatic rings. The number of benzene rings is 2. The number of nitrogens with one attached hydrogen (secondary N) is 1. The van der Waals surface area contributed by atoms with Crippen molar-refractivity contribution in [3.63, 3.8) is 0 Å². The fourth-order valence-corrected chi connectivity index (χ4v) is 2.47. The van der Waals surface area contributed by atoms with Gasteiger partial charge in [-0.2, -0.15) is 0 Å². The number of hydrogen-bond donors (Lipinski definition) is 4. The third kappa shape index (κ3) is 1.96. The molecule has 0 amide bonds. The highest BCUT2D eigenvalue weighted by atomic mass is 16.4. The molecule has 0 fully saturated rings. The van der Waals surface area contributed by atoms with Gasteiger partial charge in [0.1, 0.15) is 5.69 Å². The SMILES string of the molecule is O=C(O)c1cc(C(=O)O)c2c(ccc3cc(C(=O)O)[nH]c32)c1. The Hall–Kier alpha value is -3.35. The van der Waals surface area contributed by atoms with Crippen LogP contribution in [0.5, 0.6) is 0 Å². The molecule has 0 aliphatic carbocycles. The highest BCUT2D eigenvalue weighted by Gasteiger charge is 2.18. The number of aromatic carboxylic acids is 3. The van der Waals surface area contributed by atoms with Crippen molar-refractivity contribution in [2.45, 2.75) is 0 Å². The van der Waals surface area contributed by atoms with Crippen molar-refractivity contribution in [2.24, 2.45) is 0 Å². The summed E-state index contributed by atoms with van der Waals surface area (Å²) >= 11 is 0. The molecule has 22 heavy (non-hydrogen) atoms. The summed E-state index contributed by atoms with van der Waals surface area (Å²) in [4.78, 5) is 36.3. The van der Waals surface area contributed by atoms with E-state index in [-0.39, 0.29) is 22.2 Å². The summed E-state index contributed by atoms with van der Waals surface area (Å²) in [6, 6.07) is 6.99. The largest absolute Gasteiger partial charge is 0.478 e. The first-order valence-electron chi connectivity index (χ1n) is 6.18. The molecule has 0 unspecified atom stereocenters. The second-order valence-electron chi connectivity index (χ2n) is 4.75. The van der Waals surface area contributed by atoms with Gasteiger partial charge in [0.25, 0.3) is 0 Å². The molecule has 2 aromatic carbocycles. The van der Waals surface area contributed by atoms with Crippen LogP contribution in [0.25, 0.3) is 21.7 Å². The molecule has 7 heteroatoms. The second-order valence-corrected chi connectivity index (χ2v) is 4.75. The Morgan fingerprint density at radius 3 is 2.09 bits per heavy atom. The lowest BCUT2D eigenvalue weighted by molar-refractivity contribution is 0.0680. The number of carbonyl (C=O) groups is 3.